The van der Waals surface area contributed by atoms with Crippen LogP contribution in [-0.2, 0) is 0 Å². The van der Waals surface area contributed by atoms with Gasteiger partial charge in [0.05, 0.1) is 11.1 Å². The Hall–Kier alpha value is -1.42. The van der Waals surface area contributed by atoms with E-state index in [1.165, 1.54) is 0 Å². The number of hydrogen-bond donors (Lipinski definition) is 2. The second-order valence-electron chi connectivity index (χ2n) is 5.04. The highest BCUT2D eigenvalue weighted by molar-refractivity contribution is 5.94. The highest BCUT2D eigenvalue weighted by Crippen LogP contribution is 2.39. The number of aryl methyl sites for hydroxylation is 1. The van der Waals surface area contributed by atoms with Crippen LogP contribution in [0, 0.1) is 12.8 Å². The van der Waals surface area contributed by atoms with E-state index in [9.17, 15) is 4.79 Å². The van der Waals surface area contributed by atoms with Gasteiger partial charge in [0, 0.05) is 18.4 Å². The van der Waals surface area contributed by atoms with Gasteiger partial charge in [-0.3, -0.25) is 9.78 Å². The van der Waals surface area contributed by atoms with Crippen LogP contribution in [-0.4, -0.2) is 23.0 Å². The molecule has 1 heterocycles. The molecular formula is C13H19N3O. The molecule has 1 atom stereocenters. The lowest BCUT2D eigenvalue weighted by atomic mass is 9.95. The molecule has 2 rings (SSSR count). The van der Waals surface area contributed by atoms with Gasteiger partial charge >= 0.3 is 0 Å². The molecule has 17 heavy (non-hydrogen) atoms. The number of rotatable bonds is 4. The van der Waals surface area contributed by atoms with Crippen LogP contribution in [0.25, 0.3) is 0 Å². The van der Waals surface area contributed by atoms with Crippen LogP contribution in [0.15, 0.2) is 18.3 Å². The van der Waals surface area contributed by atoms with E-state index in [4.69, 9.17) is 5.73 Å². The van der Waals surface area contributed by atoms with Gasteiger partial charge in [-0.1, -0.05) is 0 Å². The van der Waals surface area contributed by atoms with Gasteiger partial charge in [-0.2, -0.15) is 0 Å². The molecule has 1 aliphatic carbocycles. The molecule has 1 aliphatic rings. The maximum atomic E-state index is 12.1. The van der Waals surface area contributed by atoms with Crippen LogP contribution >= 0.6 is 0 Å². The van der Waals surface area contributed by atoms with Gasteiger partial charge in [0.1, 0.15) is 0 Å². The number of aromatic nitrogens is 1. The molecule has 1 saturated carbocycles. The minimum absolute atomic E-state index is 0.0858. The Morgan fingerprint density at radius 3 is 2.76 bits per heavy atom. The minimum Gasteiger partial charge on any atom is -0.345 e. The van der Waals surface area contributed by atoms with Crippen LogP contribution < -0.4 is 11.1 Å². The average molecular weight is 233 g/mol. The summed E-state index contributed by atoms with van der Waals surface area (Å²) in [4.78, 5) is 16.2. The van der Waals surface area contributed by atoms with E-state index in [-0.39, 0.29) is 11.4 Å². The molecule has 1 unspecified atom stereocenters. The highest BCUT2D eigenvalue weighted by Gasteiger charge is 2.41. The molecule has 0 saturated heterocycles. The van der Waals surface area contributed by atoms with Gasteiger partial charge in [0.15, 0.2) is 0 Å². The second-order valence-corrected chi connectivity index (χ2v) is 5.04. The Labute approximate surface area is 102 Å². The number of pyridine rings is 1. The summed E-state index contributed by atoms with van der Waals surface area (Å²) < 4.78 is 0. The molecule has 0 bridgehead atoms. The van der Waals surface area contributed by atoms with Gasteiger partial charge in [0.25, 0.3) is 5.91 Å². The summed E-state index contributed by atoms with van der Waals surface area (Å²) in [5, 5.41) is 3.04. The second kappa shape index (κ2) is 4.45. The van der Waals surface area contributed by atoms with E-state index >= 15 is 0 Å². The van der Waals surface area contributed by atoms with E-state index < -0.39 is 0 Å². The maximum absolute atomic E-state index is 12.1. The SMILES string of the molecule is Cc1ccc(C(=O)NC(C)(CN)C2CC2)cn1. The van der Waals surface area contributed by atoms with E-state index in [0.717, 1.165) is 18.5 Å². The standard InChI is InChI=1S/C13H19N3O/c1-9-3-4-10(7-15-9)12(17)16-13(2,8-14)11-5-6-11/h3-4,7,11H,5-6,8,14H2,1-2H3,(H,16,17). The molecule has 1 aromatic heterocycles. The molecule has 4 heteroatoms. The van der Waals surface area contributed by atoms with Crippen LogP contribution in [0.3, 0.4) is 0 Å². The fourth-order valence-corrected chi connectivity index (χ4v) is 1.97. The zero-order chi connectivity index (χ0) is 12.5. The van der Waals surface area contributed by atoms with Gasteiger partial charge in [-0.05, 0) is 44.7 Å². The Morgan fingerprint density at radius 1 is 1.59 bits per heavy atom. The summed E-state index contributed by atoms with van der Waals surface area (Å²) in [5.74, 6) is 0.437. The number of amides is 1. The first-order chi connectivity index (χ1) is 8.05. The Bertz CT molecular complexity index is 411. The summed E-state index contributed by atoms with van der Waals surface area (Å²) >= 11 is 0. The Morgan fingerprint density at radius 2 is 2.29 bits per heavy atom. The van der Waals surface area contributed by atoms with Gasteiger partial charge in [-0.25, -0.2) is 0 Å². The molecule has 0 aromatic carbocycles. The largest absolute Gasteiger partial charge is 0.345 e. The van der Waals surface area contributed by atoms with Crippen LogP contribution in [0.2, 0.25) is 0 Å². The van der Waals surface area contributed by atoms with Crippen molar-refractivity contribution in [3.05, 3.63) is 29.6 Å². The van der Waals surface area contributed by atoms with Crippen LogP contribution in [0.5, 0.6) is 0 Å². The van der Waals surface area contributed by atoms with Crippen molar-refractivity contribution in [3.8, 4) is 0 Å². The first kappa shape index (κ1) is 12.0. The molecule has 0 aliphatic heterocycles. The van der Waals surface area contributed by atoms with Gasteiger partial charge in [0.2, 0.25) is 0 Å². The lowest BCUT2D eigenvalue weighted by Crippen LogP contribution is -2.53. The zero-order valence-corrected chi connectivity index (χ0v) is 10.4. The molecule has 3 N–H and O–H groups in total. The molecule has 4 nitrogen and oxygen atoms in total. The number of nitrogens with one attached hydrogen (secondary N) is 1. The fourth-order valence-electron chi connectivity index (χ4n) is 1.97. The lowest BCUT2D eigenvalue weighted by Gasteiger charge is -2.29. The van der Waals surface area contributed by atoms with E-state index in [1.807, 2.05) is 19.9 Å². The molecule has 0 radical (unpaired) electrons. The quantitative estimate of drug-likeness (QED) is 0.822. The highest BCUT2D eigenvalue weighted by atomic mass is 16.1. The minimum atomic E-state index is -0.276. The predicted octanol–water partition coefficient (Wildman–Crippen LogP) is 1.25. The third-order valence-corrected chi connectivity index (χ3v) is 3.48. The van der Waals surface area contributed by atoms with Crippen molar-refractivity contribution in [1.82, 2.24) is 10.3 Å². The Balaban J connectivity index is 2.07. The first-order valence-electron chi connectivity index (χ1n) is 6.00. The maximum Gasteiger partial charge on any atom is 0.253 e. The number of carbonyl (C=O) groups excluding carboxylic acids is 1. The molecule has 1 fully saturated rings. The van der Waals surface area contributed by atoms with Crippen molar-refractivity contribution in [2.75, 3.05) is 6.54 Å². The Kier molecular flexibility index (Phi) is 3.15. The van der Waals surface area contributed by atoms with Crippen LogP contribution in [0.4, 0.5) is 0 Å². The number of hydrogen-bond acceptors (Lipinski definition) is 3. The molecule has 92 valence electrons. The monoisotopic (exact) mass is 233 g/mol. The molecule has 1 aromatic rings. The van der Waals surface area contributed by atoms with Crippen molar-refractivity contribution in [1.29, 1.82) is 0 Å². The summed E-state index contributed by atoms with van der Waals surface area (Å²) in [7, 11) is 0. The van der Waals surface area contributed by atoms with Crippen molar-refractivity contribution in [2.24, 2.45) is 11.7 Å². The molecule has 0 spiro atoms. The third-order valence-electron chi connectivity index (χ3n) is 3.48. The fraction of sp³-hybridized carbons (Fsp3) is 0.538. The van der Waals surface area contributed by atoms with E-state index in [1.54, 1.807) is 12.3 Å². The summed E-state index contributed by atoms with van der Waals surface area (Å²) in [5.41, 5.74) is 6.99. The average Bonchev–Trinajstić information content (AvgIpc) is 3.13. The molecular weight excluding hydrogens is 214 g/mol. The van der Waals surface area contributed by atoms with Crippen molar-refractivity contribution in [2.45, 2.75) is 32.2 Å². The first-order valence-corrected chi connectivity index (χ1v) is 6.00. The molecule has 1 amide bonds. The number of carbonyl (C=O) groups is 1. The third kappa shape index (κ3) is 2.64. The van der Waals surface area contributed by atoms with Crippen LogP contribution in [0.1, 0.15) is 35.8 Å². The van der Waals surface area contributed by atoms with Crippen molar-refractivity contribution in [3.63, 3.8) is 0 Å². The number of nitrogens with two attached hydrogens (primary N) is 1. The number of nitrogens with zero attached hydrogens (tertiary/aromatic N) is 1. The van der Waals surface area contributed by atoms with E-state index in [0.29, 0.717) is 18.0 Å². The summed E-state index contributed by atoms with van der Waals surface area (Å²) in [6.07, 6.45) is 3.91. The smallest absolute Gasteiger partial charge is 0.253 e. The van der Waals surface area contributed by atoms with Gasteiger partial charge in [-0.15, -0.1) is 0 Å². The summed E-state index contributed by atoms with van der Waals surface area (Å²) in [6.45, 7) is 4.39. The normalized spacial score (nSPS) is 18.5. The summed E-state index contributed by atoms with van der Waals surface area (Å²) in [6, 6.07) is 3.63. The van der Waals surface area contributed by atoms with Crippen molar-refractivity contribution >= 4 is 5.91 Å². The lowest BCUT2D eigenvalue weighted by molar-refractivity contribution is 0.0897. The van der Waals surface area contributed by atoms with E-state index in [2.05, 4.69) is 10.3 Å². The van der Waals surface area contributed by atoms with Gasteiger partial charge < -0.3 is 11.1 Å². The van der Waals surface area contributed by atoms with Crippen molar-refractivity contribution < 1.29 is 4.79 Å². The topological polar surface area (TPSA) is 68.0 Å². The zero-order valence-electron chi connectivity index (χ0n) is 10.4. The predicted molar refractivity (Wildman–Crippen MR) is 66.6 cm³/mol.